The molecule has 0 radical (unpaired) electrons. The Morgan fingerprint density at radius 3 is 2.75 bits per heavy atom. The molecule has 2 aromatic carbocycles. The van der Waals surface area contributed by atoms with Gasteiger partial charge in [-0.2, -0.15) is 0 Å². The van der Waals surface area contributed by atoms with E-state index in [1.54, 1.807) is 0 Å². The maximum atomic E-state index is 11.4. The first-order valence-electron chi connectivity index (χ1n) is 4.95. The van der Waals surface area contributed by atoms with Crippen molar-refractivity contribution in [3.63, 3.8) is 0 Å². The van der Waals surface area contributed by atoms with Gasteiger partial charge in [-0.15, -0.1) is 0 Å². The number of rotatable bonds is 2. The van der Waals surface area contributed by atoms with Gasteiger partial charge in [0.2, 0.25) is 0 Å². The largest absolute Gasteiger partial charge is 0.469 e. The first-order chi connectivity index (χ1) is 7.72. The average Bonchev–Trinajstić information content (AvgIpc) is 2.32. The molecule has 16 heavy (non-hydrogen) atoms. The van der Waals surface area contributed by atoms with Crippen molar-refractivity contribution in [3.05, 3.63) is 45.5 Å². The summed E-state index contributed by atoms with van der Waals surface area (Å²) in [5.41, 5.74) is 1.05. The number of halogens is 1. The van der Waals surface area contributed by atoms with E-state index in [4.69, 9.17) is 4.74 Å². The zero-order valence-electron chi connectivity index (χ0n) is 8.87. The molecule has 0 aliphatic heterocycles. The lowest BCUT2D eigenvalue weighted by Gasteiger charge is -2.08. The van der Waals surface area contributed by atoms with Crippen LogP contribution >= 0.6 is 22.6 Å². The second-order valence-corrected chi connectivity index (χ2v) is 4.66. The van der Waals surface area contributed by atoms with Crippen molar-refractivity contribution in [2.75, 3.05) is 7.11 Å². The highest BCUT2D eigenvalue weighted by molar-refractivity contribution is 14.1. The van der Waals surface area contributed by atoms with Gasteiger partial charge in [-0.25, -0.2) is 0 Å². The minimum Gasteiger partial charge on any atom is -0.469 e. The molecule has 0 aliphatic carbocycles. The Morgan fingerprint density at radius 1 is 1.25 bits per heavy atom. The summed E-state index contributed by atoms with van der Waals surface area (Å²) in [4.78, 5) is 11.4. The molecule has 2 rings (SSSR count). The lowest BCUT2D eigenvalue weighted by atomic mass is 10.0. The molecule has 0 unspecified atom stereocenters. The smallest absolute Gasteiger partial charge is 0.310 e. The molecular formula is C13H11IO2. The zero-order valence-corrected chi connectivity index (χ0v) is 11.0. The summed E-state index contributed by atoms with van der Waals surface area (Å²) >= 11 is 2.25. The third-order valence-corrected chi connectivity index (χ3v) is 3.54. The van der Waals surface area contributed by atoms with Crippen molar-refractivity contribution >= 4 is 39.3 Å². The minimum absolute atomic E-state index is 0.200. The van der Waals surface area contributed by atoms with E-state index in [-0.39, 0.29) is 5.97 Å². The molecule has 0 bridgehead atoms. The van der Waals surface area contributed by atoms with Crippen LogP contribution < -0.4 is 0 Å². The van der Waals surface area contributed by atoms with Gasteiger partial charge in [0.25, 0.3) is 0 Å². The van der Waals surface area contributed by atoms with E-state index in [9.17, 15) is 4.79 Å². The van der Waals surface area contributed by atoms with Gasteiger partial charge < -0.3 is 4.74 Å². The molecule has 0 amide bonds. The predicted molar refractivity (Wildman–Crippen MR) is 72.4 cm³/mol. The number of methoxy groups -OCH3 is 1. The molecule has 0 atom stereocenters. The molecule has 3 heteroatoms. The fraction of sp³-hybridized carbons (Fsp3) is 0.154. The number of carbonyl (C=O) groups is 1. The summed E-state index contributed by atoms with van der Waals surface area (Å²) in [5, 5.41) is 2.28. The topological polar surface area (TPSA) is 26.3 Å². The van der Waals surface area contributed by atoms with E-state index < -0.39 is 0 Å². The van der Waals surface area contributed by atoms with Crippen LogP contribution in [0.5, 0.6) is 0 Å². The Balaban J connectivity index is 2.57. The molecular weight excluding hydrogens is 315 g/mol. The van der Waals surface area contributed by atoms with Crippen molar-refractivity contribution in [2.45, 2.75) is 6.42 Å². The molecule has 0 saturated carbocycles. The standard InChI is InChI=1S/C13H11IO2/c1-16-13(15)8-11-10-5-3-2-4-9(10)6-7-12(11)14/h2-7H,8H2,1H3. The van der Waals surface area contributed by atoms with Gasteiger partial charge in [0.05, 0.1) is 13.5 Å². The number of ether oxygens (including phenoxy) is 1. The number of esters is 1. The van der Waals surface area contributed by atoms with Crippen LogP contribution in [0, 0.1) is 3.57 Å². The third kappa shape index (κ3) is 2.19. The van der Waals surface area contributed by atoms with Crippen molar-refractivity contribution < 1.29 is 9.53 Å². The van der Waals surface area contributed by atoms with E-state index in [0.717, 1.165) is 19.9 Å². The Morgan fingerprint density at radius 2 is 2.00 bits per heavy atom. The molecule has 2 aromatic rings. The molecule has 2 nitrogen and oxygen atoms in total. The number of hydrogen-bond donors (Lipinski definition) is 0. The quantitative estimate of drug-likeness (QED) is 0.626. The number of benzene rings is 2. The average molecular weight is 326 g/mol. The van der Waals surface area contributed by atoms with Crippen molar-refractivity contribution in [3.8, 4) is 0 Å². The van der Waals surface area contributed by atoms with Gasteiger partial charge in [-0.1, -0.05) is 30.3 Å². The molecule has 0 saturated heterocycles. The summed E-state index contributed by atoms with van der Waals surface area (Å²) in [6.07, 6.45) is 0.329. The molecule has 82 valence electrons. The van der Waals surface area contributed by atoms with E-state index in [1.165, 1.54) is 7.11 Å². The van der Waals surface area contributed by atoms with Gasteiger partial charge in [-0.3, -0.25) is 4.79 Å². The van der Waals surface area contributed by atoms with Gasteiger partial charge in [0.1, 0.15) is 0 Å². The minimum atomic E-state index is -0.200. The Hall–Kier alpha value is -1.10. The second-order valence-electron chi connectivity index (χ2n) is 3.50. The normalized spacial score (nSPS) is 10.4. The lowest BCUT2D eigenvalue weighted by molar-refractivity contribution is -0.139. The molecule has 0 fully saturated rings. The zero-order chi connectivity index (χ0) is 11.5. The van der Waals surface area contributed by atoms with Crippen LogP contribution in [0.2, 0.25) is 0 Å². The molecule has 0 aliphatic rings. The van der Waals surface area contributed by atoms with E-state index in [0.29, 0.717) is 6.42 Å². The van der Waals surface area contributed by atoms with Crippen LogP contribution in [0.25, 0.3) is 10.8 Å². The second kappa shape index (κ2) is 4.82. The van der Waals surface area contributed by atoms with Crippen LogP contribution in [0.3, 0.4) is 0 Å². The Labute approximate surface area is 108 Å². The summed E-state index contributed by atoms with van der Waals surface area (Å²) in [7, 11) is 1.42. The van der Waals surface area contributed by atoms with Crippen LogP contribution in [-0.4, -0.2) is 13.1 Å². The highest BCUT2D eigenvalue weighted by Gasteiger charge is 2.10. The van der Waals surface area contributed by atoms with Gasteiger partial charge in [-0.05, 0) is 45.0 Å². The molecule has 0 aromatic heterocycles. The Bertz CT molecular complexity index is 534. The van der Waals surface area contributed by atoms with Crippen LogP contribution in [0.1, 0.15) is 5.56 Å². The van der Waals surface area contributed by atoms with Crippen molar-refractivity contribution in [1.29, 1.82) is 0 Å². The van der Waals surface area contributed by atoms with Gasteiger partial charge >= 0.3 is 5.97 Å². The van der Waals surface area contributed by atoms with Crippen molar-refractivity contribution in [1.82, 2.24) is 0 Å². The maximum Gasteiger partial charge on any atom is 0.310 e. The summed E-state index contributed by atoms with van der Waals surface area (Å²) in [5.74, 6) is -0.200. The summed E-state index contributed by atoms with van der Waals surface area (Å²) in [6, 6.07) is 12.2. The van der Waals surface area contributed by atoms with Crippen molar-refractivity contribution in [2.24, 2.45) is 0 Å². The highest BCUT2D eigenvalue weighted by Crippen LogP contribution is 2.24. The third-order valence-electron chi connectivity index (χ3n) is 2.53. The molecule has 0 heterocycles. The number of carbonyl (C=O) groups excluding carboxylic acids is 1. The van der Waals surface area contributed by atoms with Crippen LogP contribution in [0.15, 0.2) is 36.4 Å². The van der Waals surface area contributed by atoms with E-state index in [2.05, 4.69) is 28.7 Å². The van der Waals surface area contributed by atoms with Gasteiger partial charge in [0, 0.05) is 3.57 Å². The predicted octanol–water partition coefficient (Wildman–Crippen LogP) is 3.16. The summed E-state index contributed by atoms with van der Waals surface area (Å²) < 4.78 is 5.81. The maximum absolute atomic E-state index is 11.4. The molecule has 0 N–H and O–H groups in total. The van der Waals surface area contributed by atoms with E-state index in [1.807, 2.05) is 30.3 Å². The fourth-order valence-corrected chi connectivity index (χ4v) is 2.37. The van der Waals surface area contributed by atoms with Gasteiger partial charge in [0.15, 0.2) is 0 Å². The fourth-order valence-electron chi connectivity index (χ4n) is 1.71. The van der Waals surface area contributed by atoms with Crippen LogP contribution in [-0.2, 0) is 16.0 Å². The van der Waals surface area contributed by atoms with E-state index >= 15 is 0 Å². The number of fused-ring (bicyclic) bond motifs is 1. The van der Waals surface area contributed by atoms with Crippen LogP contribution in [0.4, 0.5) is 0 Å². The highest BCUT2D eigenvalue weighted by atomic mass is 127. The number of hydrogen-bond acceptors (Lipinski definition) is 2. The first-order valence-corrected chi connectivity index (χ1v) is 6.03. The first kappa shape index (κ1) is 11.4. The lowest BCUT2D eigenvalue weighted by Crippen LogP contribution is -2.06. The monoisotopic (exact) mass is 326 g/mol. The summed E-state index contributed by atoms with van der Waals surface area (Å²) in [6.45, 7) is 0. The Kier molecular flexibility index (Phi) is 3.43. The molecule has 0 spiro atoms. The SMILES string of the molecule is COC(=O)Cc1c(I)ccc2ccccc12.